The Morgan fingerprint density at radius 3 is 2.56 bits per heavy atom. The number of hydrogen-bond donors (Lipinski definition) is 1. The lowest BCUT2D eigenvalue weighted by atomic mass is 9.95. The van der Waals surface area contributed by atoms with Crippen LogP contribution in [-0.4, -0.2) is 54.0 Å². The Morgan fingerprint density at radius 2 is 1.88 bits per heavy atom. The van der Waals surface area contributed by atoms with Gasteiger partial charge in [-0.05, 0) is 51.3 Å². The first-order valence-electron chi connectivity index (χ1n) is 9.37. The zero-order valence-electron chi connectivity index (χ0n) is 15.7. The molecule has 2 rings (SSSR count). The van der Waals surface area contributed by atoms with Gasteiger partial charge in [-0.1, -0.05) is 43.7 Å². The van der Waals surface area contributed by atoms with E-state index in [9.17, 15) is 4.79 Å². The van der Waals surface area contributed by atoms with E-state index in [1.54, 1.807) is 0 Å². The fraction of sp³-hybridized carbons (Fsp3) is 0.650. The van der Waals surface area contributed by atoms with Gasteiger partial charge < -0.3 is 15.5 Å². The molecule has 1 aliphatic heterocycles. The van der Waals surface area contributed by atoms with Crippen LogP contribution in [0.5, 0.6) is 0 Å². The summed E-state index contributed by atoms with van der Waals surface area (Å²) in [5.41, 5.74) is 6.92. The number of halogens is 1. The Bertz CT molecular complexity index is 507. The Hall–Kier alpha value is -1.10. The van der Waals surface area contributed by atoms with E-state index in [0.29, 0.717) is 0 Å². The van der Waals surface area contributed by atoms with Crippen molar-refractivity contribution in [3.8, 4) is 0 Å². The highest BCUT2D eigenvalue weighted by Gasteiger charge is 2.32. The molecule has 1 unspecified atom stereocenters. The van der Waals surface area contributed by atoms with E-state index in [0.717, 1.165) is 58.4 Å². The number of rotatable bonds is 7. The largest absolute Gasteiger partial charge is 0.340 e. The molecule has 25 heavy (non-hydrogen) atoms. The number of hydrogen-bond acceptors (Lipinski definition) is 3. The Labute approximate surface area is 159 Å². The van der Waals surface area contributed by atoms with E-state index in [1.807, 2.05) is 11.8 Å². The fourth-order valence-corrected chi connectivity index (χ4v) is 3.54. The highest BCUT2D eigenvalue weighted by Crippen LogP contribution is 2.15. The van der Waals surface area contributed by atoms with Crippen molar-refractivity contribution in [2.45, 2.75) is 51.5 Å². The predicted molar refractivity (Wildman–Crippen MR) is 107 cm³/mol. The Kier molecular flexibility index (Phi) is 9.47. The van der Waals surface area contributed by atoms with Crippen LogP contribution in [0.15, 0.2) is 30.3 Å². The van der Waals surface area contributed by atoms with Gasteiger partial charge in [0, 0.05) is 19.6 Å². The molecule has 0 aliphatic carbocycles. The third-order valence-corrected chi connectivity index (χ3v) is 4.92. The molecule has 0 spiro atoms. The van der Waals surface area contributed by atoms with E-state index in [4.69, 9.17) is 5.73 Å². The molecule has 1 aromatic rings. The summed E-state index contributed by atoms with van der Waals surface area (Å²) in [5, 5.41) is 0. The van der Waals surface area contributed by atoms with Crippen LogP contribution in [0.2, 0.25) is 0 Å². The second-order valence-corrected chi connectivity index (χ2v) is 7.24. The van der Waals surface area contributed by atoms with E-state index < -0.39 is 5.54 Å². The number of carbonyl (C=O) groups is 1. The molecule has 1 saturated heterocycles. The molecule has 0 bridgehead atoms. The smallest absolute Gasteiger partial charge is 0.242 e. The first kappa shape index (κ1) is 21.9. The van der Waals surface area contributed by atoms with Crippen molar-refractivity contribution in [3.05, 3.63) is 35.9 Å². The molecule has 1 fully saturated rings. The molecule has 0 aromatic heterocycles. The molecule has 142 valence electrons. The number of amides is 1. The van der Waals surface area contributed by atoms with Crippen LogP contribution < -0.4 is 5.73 Å². The van der Waals surface area contributed by atoms with Crippen molar-refractivity contribution in [2.24, 2.45) is 5.73 Å². The minimum Gasteiger partial charge on any atom is -0.340 e. The molecule has 2 N–H and O–H groups in total. The second kappa shape index (κ2) is 10.8. The lowest BCUT2D eigenvalue weighted by Gasteiger charge is -2.31. The molecule has 4 nitrogen and oxygen atoms in total. The molecule has 1 aliphatic rings. The molecule has 1 atom stereocenters. The molecular formula is C20H34ClN3O. The minimum atomic E-state index is -0.711. The molecule has 0 saturated carbocycles. The monoisotopic (exact) mass is 367 g/mol. The van der Waals surface area contributed by atoms with Gasteiger partial charge in [0.1, 0.15) is 0 Å². The Morgan fingerprint density at radius 1 is 1.16 bits per heavy atom. The van der Waals surface area contributed by atoms with Crippen LogP contribution in [0, 0.1) is 0 Å². The number of nitrogens with zero attached hydrogens (tertiary/aromatic N) is 2. The lowest BCUT2D eigenvalue weighted by Crippen LogP contribution is -2.54. The molecule has 1 heterocycles. The lowest BCUT2D eigenvalue weighted by molar-refractivity contribution is -0.136. The van der Waals surface area contributed by atoms with Crippen LogP contribution in [0.25, 0.3) is 0 Å². The van der Waals surface area contributed by atoms with Gasteiger partial charge in [-0.25, -0.2) is 0 Å². The third-order valence-electron chi connectivity index (χ3n) is 4.92. The zero-order valence-corrected chi connectivity index (χ0v) is 16.6. The summed E-state index contributed by atoms with van der Waals surface area (Å²) in [7, 11) is 0. The summed E-state index contributed by atoms with van der Waals surface area (Å²) in [6, 6.07) is 10.7. The van der Waals surface area contributed by atoms with Crippen molar-refractivity contribution in [3.63, 3.8) is 0 Å². The van der Waals surface area contributed by atoms with E-state index >= 15 is 0 Å². The summed E-state index contributed by atoms with van der Waals surface area (Å²) in [5.74, 6) is 0.121. The van der Waals surface area contributed by atoms with Crippen molar-refractivity contribution < 1.29 is 4.79 Å². The summed E-state index contributed by atoms with van der Waals surface area (Å²) >= 11 is 0. The Balaban J connectivity index is 0.00000312. The average Bonchev–Trinajstić information content (AvgIpc) is 2.81. The summed E-state index contributed by atoms with van der Waals surface area (Å²) in [6.07, 6.45) is 5.03. The number of aryl methyl sites for hydroxylation is 1. The van der Waals surface area contributed by atoms with Crippen LogP contribution in [0.4, 0.5) is 0 Å². The van der Waals surface area contributed by atoms with Gasteiger partial charge >= 0.3 is 0 Å². The standard InChI is InChI=1S/C20H33N3O.ClH/c1-3-12-20(2,21)19(24)23-15-8-14-22(16-17-23)13-7-11-18-9-5-4-6-10-18;/h4-6,9-10H,3,7-8,11-17,21H2,1-2H3;1H. The molecule has 0 radical (unpaired) electrons. The second-order valence-electron chi connectivity index (χ2n) is 7.24. The minimum absolute atomic E-state index is 0. The molecular weight excluding hydrogens is 334 g/mol. The van der Waals surface area contributed by atoms with Gasteiger partial charge in [-0.2, -0.15) is 0 Å². The SMILES string of the molecule is CCCC(C)(N)C(=O)N1CCCN(CCCc2ccccc2)CC1.Cl. The van der Waals surface area contributed by atoms with Crippen molar-refractivity contribution in [2.75, 3.05) is 32.7 Å². The van der Waals surface area contributed by atoms with Crippen molar-refractivity contribution in [1.29, 1.82) is 0 Å². The number of carbonyl (C=O) groups excluding carboxylic acids is 1. The highest BCUT2D eigenvalue weighted by molar-refractivity contribution is 5.86. The molecule has 5 heteroatoms. The highest BCUT2D eigenvalue weighted by atomic mass is 35.5. The van der Waals surface area contributed by atoms with Gasteiger partial charge in [-0.15, -0.1) is 12.4 Å². The van der Waals surface area contributed by atoms with Gasteiger partial charge in [0.25, 0.3) is 0 Å². The van der Waals surface area contributed by atoms with E-state index in [2.05, 4.69) is 42.2 Å². The summed E-state index contributed by atoms with van der Waals surface area (Å²) in [6.45, 7) is 8.74. The van der Waals surface area contributed by atoms with E-state index in [-0.39, 0.29) is 18.3 Å². The first-order chi connectivity index (χ1) is 11.5. The average molecular weight is 368 g/mol. The first-order valence-corrected chi connectivity index (χ1v) is 9.37. The van der Waals surface area contributed by atoms with E-state index in [1.165, 1.54) is 12.0 Å². The van der Waals surface area contributed by atoms with Crippen LogP contribution >= 0.6 is 12.4 Å². The van der Waals surface area contributed by atoms with Crippen LogP contribution in [0.3, 0.4) is 0 Å². The number of nitrogens with two attached hydrogens (primary N) is 1. The normalized spacial score (nSPS) is 18.1. The molecule has 1 aromatic carbocycles. The van der Waals surface area contributed by atoms with Gasteiger partial charge in [0.15, 0.2) is 0 Å². The number of benzene rings is 1. The molecule has 1 amide bonds. The van der Waals surface area contributed by atoms with Crippen LogP contribution in [-0.2, 0) is 11.2 Å². The summed E-state index contributed by atoms with van der Waals surface area (Å²) in [4.78, 5) is 17.1. The maximum Gasteiger partial charge on any atom is 0.242 e. The zero-order chi connectivity index (χ0) is 17.4. The van der Waals surface area contributed by atoms with Crippen molar-refractivity contribution >= 4 is 18.3 Å². The third kappa shape index (κ3) is 6.96. The predicted octanol–water partition coefficient (Wildman–Crippen LogP) is 3.09. The maximum atomic E-state index is 12.7. The van der Waals surface area contributed by atoms with Gasteiger partial charge in [0.05, 0.1) is 5.54 Å². The van der Waals surface area contributed by atoms with Crippen molar-refractivity contribution in [1.82, 2.24) is 9.80 Å². The van der Waals surface area contributed by atoms with Crippen LogP contribution in [0.1, 0.15) is 45.1 Å². The maximum absolute atomic E-state index is 12.7. The topological polar surface area (TPSA) is 49.6 Å². The fourth-order valence-electron chi connectivity index (χ4n) is 3.54. The quantitative estimate of drug-likeness (QED) is 0.805. The summed E-state index contributed by atoms with van der Waals surface area (Å²) < 4.78 is 0. The van der Waals surface area contributed by atoms with Gasteiger partial charge in [0.2, 0.25) is 5.91 Å². The van der Waals surface area contributed by atoms with Gasteiger partial charge in [-0.3, -0.25) is 4.79 Å².